The minimum atomic E-state index is -1.82. The van der Waals surface area contributed by atoms with Gasteiger partial charge in [0.15, 0.2) is 0 Å². The molecule has 1 aliphatic rings. The summed E-state index contributed by atoms with van der Waals surface area (Å²) in [5, 5.41) is 17.2. The van der Waals surface area contributed by atoms with E-state index < -0.39 is 11.9 Å². The van der Waals surface area contributed by atoms with Crippen molar-refractivity contribution in [3.8, 4) is 5.75 Å². The van der Waals surface area contributed by atoms with Crippen molar-refractivity contribution in [1.29, 1.82) is 0 Å². The first-order chi connectivity index (χ1) is 14.0. The quantitative estimate of drug-likeness (QED) is 0.542. The highest BCUT2D eigenvalue weighted by molar-refractivity contribution is 6.27. The van der Waals surface area contributed by atoms with Crippen LogP contribution in [0.2, 0.25) is 0 Å². The fraction of sp³-hybridized carbons (Fsp3) is 0.455. The highest BCUT2D eigenvalue weighted by Crippen LogP contribution is 2.20. The first-order valence-electron chi connectivity index (χ1n) is 9.83. The minimum absolute atomic E-state index is 0.607. The van der Waals surface area contributed by atoms with Crippen LogP contribution in [0.1, 0.15) is 19.8 Å². The van der Waals surface area contributed by atoms with Crippen LogP contribution in [-0.4, -0.2) is 66.5 Å². The monoisotopic (exact) mass is 403 g/mol. The summed E-state index contributed by atoms with van der Waals surface area (Å²) in [5.74, 6) is -1.84. The summed E-state index contributed by atoms with van der Waals surface area (Å²) in [7, 11) is 0. The second-order valence-electron chi connectivity index (χ2n) is 7.10. The Morgan fingerprint density at radius 3 is 2.28 bits per heavy atom. The van der Waals surface area contributed by atoms with Crippen LogP contribution in [0.5, 0.6) is 5.75 Å². The second-order valence-corrected chi connectivity index (χ2v) is 7.10. The van der Waals surface area contributed by atoms with Gasteiger partial charge in [-0.15, -0.1) is 0 Å². The number of fused-ring (bicyclic) bond motifs is 1. The van der Waals surface area contributed by atoms with E-state index in [9.17, 15) is 0 Å². The Hall–Kier alpha value is -2.64. The third-order valence-electron chi connectivity index (χ3n) is 4.83. The van der Waals surface area contributed by atoms with E-state index in [0.717, 1.165) is 24.8 Å². The van der Waals surface area contributed by atoms with Gasteiger partial charge in [0.25, 0.3) is 0 Å². The molecule has 2 aromatic carbocycles. The molecule has 0 aliphatic carbocycles. The van der Waals surface area contributed by atoms with Gasteiger partial charge in [-0.1, -0.05) is 37.3 Å². The van der Waals surface area contributed by atoms with Crippen molar-refractivity contribution in [1.82, 2.24) is 4.90 Å². The number of nitrogens with zero attached hydrogens (tertiary/aromatic N) is 1. The second kappa shape index (κ2) is 12.0. The van der Waals surface area contributed by atoms with Gasteiger partial charge in [0.2, 0.25) is 0 Å². The molecule has 158 valence electrons. The van der Waals surface area contributed by atoms with Crippen molar-refractivity contribution < 1.29 is 29.3 Å². The number of hydrogen-bond acceptors (Lipinski definition) is 5. The summed E-state index contributed by atoms with van der Waals surface area (Å²) in [6, 6.07) is 14.5. The van der Waals surface area contributed by atoms with Gasteiger partial charge in [-0.05, 0) is 54.8 Å². The zero-order chi connectivity index (χ0) is 21.1. The Kier molecular flexibility index (Phi) is 9.40. The topological polar surface area (TPSA) is 96.3 Å². The van der Waals surface area contributed by atoms with Crippen molar-refractivity contribution in [2.45, 2.75) is 19.8 Å². The number of ether oxygens (including phenoxy) is 2. The average molecular weight is 403 g/mol. The van der Waals surface area contributed by atoms with E-state index >= 15 is 0 Å². The lowest BCUT2D eigenvalue weighted by Crippen LogP contribution is -2.35. The number of carboxylic acid groups (broad SMARTS) is 2. The maximum atomic E-state index is 9.10. The number of aliphatic carboxylic acids is 2. The van der Waals surface area contributed by atoms with Gasteiger partial charge in [0.1, 0.15) is 12.4 Å². The van der Waals surface area contributed by atoms with E-state index in [1.165, 1.54) is 36.7 Å². The normalized spacial score (nSPS) is 14.8. The van der Waals surface area contributed by atoms with E-state index in [4.69, 9.17) is 29.3 Å². The summed E-state index contributed by atoms with van der Waals surface area (Å²) >= 11 is 0. The summed E-state index contributed by atoms with van der Waals surface area (Å²) in [4.78, 5) is 20.7. The zero-order valence-electron chi connectivity index (χ0n) is 16.8. The van der Waals surface area contributed by atoms with Gasteiger partial charge >= 0.3 is 11.9 Å². The van der Waals surface area contributed by atoms with Crippen molar-refractivity contribution >= 4 is 22.7 Å². The largest absolute Gasteiger partial charge is 0.491 e. The highest BCUT2D eigenvalue weighted by atomic mass is 16.5. The lowest BCUT2D eigenvalue weighted by molar-refractivity contribution is -0.159. The van der Waals surface area contributed by atoms with Crippen LogP contribution in [0.25, 0.3) is 10.8 Å². The first-order valence-corrected chi connectivity index (χ1v) is 9.83. The van der Waals surface area contributed by atoms with Crippen LogP contribution >= 0.6 is 0 Å². The molecule has 0 amide bonds. The lowest BCUT2D eigenvalue weighted by Gasteiger charge is -2.29. The first kappa shape index (κ1) is 22.6. The average Bonchev–Trinajstić information content (AvgIpc) is 2.72. The molecule has 3 rings (SSSR count). The molecule has 0 atom stereocenters. The zero-order valence-corrected chi connectivity index (χ0v) is 16.8. The molecule has 1 heterocycles. The van der Waals surface area contributed by atoms with Crippen LogP contribution in [-0.2, 0) is 14.3 Å². The van der Waals surface area contributed by atoms with Gasteiger partial charge in [-0.25, -0.2) is 9.59 Å². The minimum Gasteiger partial charge on any atom is -0.491 e. The van der Waals surface area contributed by atoms with Crippen molar-refractivity contribution in [2.75, 3.05) is 39.5 Å². The van der Waals surface area contributed by atoms with E-state index in [1.807, 2.05) is 6.07 Å². The summed E-state index contributed by atoms with van der Waals surface area (Å²) in [5.41, 5.74) is 0. The number of hydrogen-bond donors (Lipinski definition) is 2. The number of likely N-dealkylation sites (tertiary alicyclic amines) is 1. The molecule has 0 bridgehead atoms. The predicted molar refractivity (Wildman–Crippen MR) is 110 cm³/mol. The molecule has 2 N–H and O–H groups in total. The van der Waals surface area contributed by atoms with Crippen LogP contribution < -0.4 is 4.74 Å². The van der Waals surface area contributed by atoms with Crippen LogP contribution in [0.4, 0.5) is 0 Å². The summed E-state index contributed by atoms with van der Waals surface area (Å²) in [6.45, 7) is 7.89. The molecule has 29 heavy (non-hydrogen) atoms. The molecule has 0 radical (unpaired) electrons. The fourth-order valence-electron chi connectivity index (χ4n) is 3.06. The van der Waals surface area contributed by atoms with Crippen molar-refractivity contribution in [3.05, 3.63) is 42.5 Å². The number of carboxylic acids is 2. The Morgan fingerprint density at radius 2 is 1.62 bits per heavy atom. The Labute approximate surface area is 170 Å². The summed E-state index contributed by atoms with van der Waals surface area (Å²) in [6.07, 6.45) is 2.65. The molecular weight excluding hydrogens is 374 g/mol. The number of rotatable bonds is 7. The van der Waals surface area contributed by atoms with E-state index in [0.29, 0.717) is 13.2 Å². The number of piperidine rings is 1. The third kappa shape index (κ3) is 8.50. The highest BCUT2D eigenvalue weighted by Gasteiger charge is 2.14. The van der Waals surface area contributed by atoms with Crippen molar-refractivity contribution in [3.63, 3.8) is 0 Å². The lowest BCUT2D eigenvalue weighted by atomic mass is 9.99. The maximum Gasteiger partial charge on any atom is 0.414 e. The molecule has 0 saturated carbocycles. The molecule has 1 saturated heterocycles. The number of benzene rings is 2. The van der Waals surface area contributed by atoms with Gasteiger partial charge in [0, 0.05) is 6.54 Å². The number of carbonyl (C=O) groups is 2. The van der Waals surface area contributed by atoms with Gasteiger partial charge in [-0.3, -0.25) is 0 Å². The molecule has 0 aromatic heterocycles. The van der Waals surface area contributed by atoms with E-state index in [-0.39, 0.29) is 0 Å². The van der Waals surface area contributed by atoms with Crippen molar-refractivity contribution in [2.24, 2.45) is 5.92 Å². The van der Waals surface area contributed by atoms with Crippen LogP contribution in [0.3, 0.4) is 0 Å². The summed E-state index contributed by atoms with van der Waals surface area (Å²) < 4.78 is 11.5. The SMILES string of the molecule is CC1CCN(CCOCCOc2ccc3ccccc3c2)CC1.O=C(O)C(=O)O. The van der Waals surface area contributed by atoms with Gasteiger partial charge in [-0.2, -0.15) is 0 Å². The smallest absolute Gasteiger partial charge is 0.414 e. The Balaban J connectivity index is 0.000000438. The molecule has 7 heteroatoms. The standard InChI is InChI=1S/C20H27NO2.C2H2O4/c1-17-8-10-21(11-9-17)12-13-22-14-15-23-20-7-6-18-4-2-3-5-19(18)16-20;3-1(4)2(5)6/h2-7,16-17H,8-15H2,1H3;(H,3,4)(H,5,6). The molecule has 1 fully saturated rings. The molecule has 0 spiro atoms. The predicted octanol–water partition coefficient (Wildman–Crippen LogP) is 3.12. The molecule has 7 nitrogen and oxygen atoms in total. The van der Waals surface area contributed by atoms with Crippen LogP contribution in [0, 0.1) is 5.92 Å². The Bertz CT molecular complexity index is 774. The fourth-order valence-corrected chi connectivity index (χ4v) is 3.06. The van der Waals surface area contributed by atoms with Crippen LogP contribution in [0.15, 0.2) is 42.5 Å². The maximum absolute atomic E-state index is 9.10. The molecule has 2 aromatic rings. The van der Waals surface area contributed by atoms with E-state index in [2.05, 4.69) is 48.2 Å². The molecule has 0 unspecified atom stereocenters. The third-order valence-corrected chi connectivity index (χ3v) is 4.83. The van der Waals surface area contributed by atoms with Gasteiger partial charge < -0.3 is 24.6 Å². The van der Waals surface area contributed by atoms with E-state index in [1.54, 1.807) is 0 Å². The Morgan fingerprint density at radius 1 is 0.966 bits per heavy atom. The van der Waals surface area contributed by atoms with Gasteiger partial charge in [0.05, 0.1) is 13.2 Å². The molecule has 1 aliphatic heterocycles. The molecular formula is C22H29NO6.